The first kappa shape index (κ1) is 19.8. The molecular weight excluding hydrogens is 320 g/mol. The van der Waals surface area contributed by atoms with Gasteiger partial charge in [-0.05, 0) is 56.3 Å². The van der Waals surface area contributed by atoms with Crippen LogP contribution in [0.4, 0.5) is 0 Å². The van der Waals surface area contributed by atoms with Crippen molar-refractivity contribution in [3.05, 3.63) is 12.2 Å². The maximum absolute atomic E-state index is 5.09. The van der Waals surface area contributed by atoms with Gasteiger partial charge in [-0.3, -0.25) is 0 Å². The normalized spacial score (nSPS) is 42.1. The maximum atomic E-state index is 5.09. The zero-order valence-electron chi connectivity index (χ0n) is 16.8. The highest BCUT2D eigenvalue weighted by Crippen LogP contribution is 2.54. The van der Waals surface area contributed by atoms with Gasteiger partial charge in [0.15, 0.2) is 0 Å². The van der Waals surface area contributed by atoms with Crippen LogP contribution in [-0.2, 0) is 0 Å². The summed E-state index contributed by atoms with van der Waals surface area (Å²) in [5.74, 6) is 3.08. The van der Waals surface area contributed by atoms with E-state index in [2.05, 4.69) is 13.5 Å². The van der Waals surface area contributed by atoms with Crippen LogP contribution in [0.5, 0.6) is 0 Å². The van der Waals surface area contributed by atoms with E-state index in [1.165, 1.54) is 108 Å². The van der Waals surface area contributed by atoms with Crippen molar-refractivity contribution in [1.82, 2.24) is 0 Å². The Bertz CT molecular complexity index is 428. The van der Waals surface area contributed by atoms with Gasteiger partial charge in [-0.1, -0.05) is 83.3 Å². The number of thiol groups is 1. The summed E-state index contributed by atoms with van der Waals surface area (Å²) in [5, 5.41) is 0.571. The molecule has 0 heterocycles. The predicted molar refractivity (Wildman–Crippen MR) is 114 cm³/mol. The van der Waals surface area contributed by atoms with Crippen LogP contribution < -0.4 is 0 Å². The van der Waals surface area contributed by atoms with Crippen molar-refractivity contribution in [2.24, 2.45) is 23.2 Å². The zero-order valence-corrected chi connectivity index (χ0v) is 17.7. The molecule has 0 aromatic carbocycles. The van der Waals surface area contributed by atoms with Crippen molar-refractivity contribution in [3.8, 4) is 0 Å². The van der Waals surface area contributed by atoms with Crippen LogP contribution in [0.2, 0.25) is 0 Å². The number of rotatable bonds is 0. The molecule has 0 bridgehead atoms. The van der Waals surface area contributed by atoms with Gasteiger partial charge in [0.1, 0.15) is 0 Å². The molecule has 3 aliphatic rings. The lowest BCUT2D eigenvalue weighted by Crippen LogP contribution is -2.40. The smallest absolute Gasteiger partial charge is 0.0110 e. The summed E-state index contributed by atoms with van der Waals surface area (Å²) < 4.78 is 0. The molecule has 5 unspecified atom stereocenters. The van der Waals surface area contributed by atoms with E-state index >= 15 is 0 Å². The minimum absolute atomic E-state index is 0.409. The van der Waals surface area contributed by atoms with E-state index in [4.69, 9.17) is 12.6 Å². The zero-order chi connectivity index (χ0) is 17.7. The standard InChI is InChI=1S/C24H42S/c1-19-13-14-21-10-7-5-8-12-23(25)24(17-15-20(24)2)16-9-4-3-6-11-22(21)18-19/h19,21-23,25H,2-18H2,1H3. The molecule has 5 atom stereocenters. The van der Waals surface area contributed by atoms with Gasteiger partial charge in [0, 0.05) is 10.7 Å². The molecule has 0 nitrogen and oxygen atoms in total. The second kappa shape index (κ2) is 9.34. The second-order valence-electron chi connectivity index (χ2n) is 9.80. The summed E-state index contributed by atoms with van der Waals surface area (Å²) in [5.41, 5.74) is 1.93. The van der Waals surface area contributed by atoms with E-state index in [1.54, 1.807) is 0 Å². The van der Waals surface area contributed by atoms with Gasteiger partial charge in [0.2, 0.25) is 0 Å². The largest absolute Gasteiger partial charge is 0.175 e. The van der Waals surface area contributed by atoms with Gasteiger partial charge in [0.25, 0.3) is 0 Å². The van der Waals surface area contributed by atoms with E-state index in [0.29, 0.717) is 10.7 Å². The second-order valence-corrected chi connectivity index (χ2v) is 10.4. The van der Waals surface area contributed by atoms with Crippen LogP contribution in [0.3, 0.4) is 0 Å². The monoisotopic (exact) mass is 362 g/mol. The Morgan fingerprint density at radius 3 is 2.20 bits per heavy atom. The molecule has 3 rings (SSSR count). The lowest BCUT2D eigenvalue weighted by atomic mass is 9.59. The summed E-state index contributed by atoms with van der Waals surface area (Å²) in [6.45, 7) is 6.90. The SMILES string of the molecule is C=C1CCC12CCCCCCC1CC(C)CCC1CCCCCC2S. The highest BCUT2D eigenvalue weighted by molar-refractivity contribution is 7.81. The summed E-state index contributed by atoms with van der Waals surface area (Å²) in [4.78, 5) is 0. The Balaban J connectivity index is 1.56. The molecule has 0 radical (unpaired) electrons. The molecular formula is C24H42S. The molecule has 0 aromatic heterocycles. The summed E-state index contributed by atoms with van der Waals surface area (Å²) in [6.07, 6.45) is 22.9. The molecule has 1 heteroatoms. The van der Waals surface area contributed by atoms with Crippen molar-refractivity contribution >= 4 is 12.6 Å². The average Bonchev–Trinajstić information content (AvgIpc) is 2.60. The summed E-state index contributed by atoms with van der Waals surface area (Å²) in [7, 11) is 0. The van der Waals surface area contributed by atoms with E-state index in [0.717, 1.165) is 17.8 Å². The number of hydrogen-bond acceptors (Lipinski definition) is 1. The Labute approximate surface area is 163 Å². The first-order valence-electron chi connectivity index (χ1n) is 11.5. The fourth-order valence-corrected chi connectivity index (χ4v) is 6.81. The van der Waals surface area contributed by atoms with Crippen LogP contribution in [0.15, 0.2) is 12.2 Å². The third-order valence-electron chi connectivity index (χ3n) is 8.12. The highest BCUT2D eigenvalue weighted by Gasteiger charge is 2.44. The molecule has 144 valence electrons. The number of allylic oxidation sites excluding steroid dienone is 1. The van der Waals surface area contributed by atoms with Gasteiger partial charge in [-0.25, -0.2) is 0 Å². The van der Waals surface area contributed by atoms with Crippen molar-refractivity contribution in [3.63, 3.8) is 0 Å². The van der Waals surface area contributed by atoms with Crippen molar-refractivity contribution in [1.29, 1.82) is 0 Å². The first-order chi connectivity index (χ1) is 12.1. The molecule has 3 fully saturated rings. The molecule has 0 amide bonds. The molecule has 1 spiro atoms. The van der Waals surface area contributed by atoms with Gasteiger partial charge in [-0.2, -0.15) is 12.6 Å². The topological polar surface area (TPSA) is 0 Å². The van der Waals surface area contributed by atoms with Crippen molar-refractivity contribution in [2.75, 3.05) is 0 Å². The van der Waals surface area contributed by atoms with Crippen LogP contribution >= 0.6 is 12.6 Å². The number of fused-ring (bicyclic) bond motifs is 1. The number of hydrogen-bond donors (Lipinski definition) is 1. The minimum atomic E-state index is 0.409. The van der Waals surface area contributed by atoms with Crippen molar-refractivity contribution < 1.29 is 0 Å². The molecule has 25 heavy (non-hydrogen) atoms. The van der Waals surface area contributed by atoms with Crippen LogP contribution in [0.1, 0.15) is 110 Å². The van der Waals surface area contributed by atoms with E-state index in [1.807, 2.05) is 0 Å². The summed E-state index contributed by atoms with van der Waals surface area (Å²) >= 11 is 5.09. The summed E-state index contributed by atoms with van der Waals surface area (Å²) in [6, 6.07) is 0. The quantitative estimate of drug-likeness (QED) is 0.328. The van der Waals surface area contributed by atoms with Gasteiger partial charge < -0.3 is 0 Å². The lowest BCUT2D eigenvalue weighted by molar-refractivity contribution is 0.162. The lowest BCUT2D eigenvalue weighted by Gasteiger charge is -2.49. The van der Waals surface area contributed by atoms with E-state index in [-0.39, 0.29) is 0 Å². The molecule has 3 saturated carbocycles. The highest BCUT2D eigenvalue weighted by atomic mass is 32.1. The third kappa shape index (κ3) is 4.88. The fourth-order valence-electron chi connectivity index (χ4n) is 6.19. The average molecular weight is 363 g/mol. The molecule has 0 N–H and O–H groups in total. The van der Waals surface area contributed by atoms with Crippen LogP contribution in [-0.4, -0.2) is 5.25 Å². The molecule has 3 aliphatic carbocycles. The third-order valence-corrected chi connectivity index (χ3v) is 8.87. The molecule has 0 aliphatic heterocycles. The minimum Gasteiger partial charge on any atom is -0.175 e. The van der Waals surface area contributed by atoms with Crippen LogP contribution in [0, 0.1) is 23.2 Å². The Kier molecular flexibility index (Phi) is 7.41. The van der Waals surface area contributed by atoms with Gasteiger partial charge in [0.05, 0.1) is 0 Å². The van der Waals surface area contributed by atoms with Crippen LogP contribution in [0.25, 0.3) is 0 Å². The fraction of sp³-hybridized carbons (Fsp3) is 0.917. The molecule has 0 saturated heterocycles. The predicted octanol–water partition coefficient (Wildman–Crippen LogP) is 7.98. The van der Waals surface area contributed by atoms with Gasteiger partial charge >= 0.3 is 0 Å². The van der Waals surface area contributed by atoms with Gasteiger partial charge in [-0.15, -0.1) is 0 Å². The van der Waals surface area contributed by atoms with Crippen molar-refractivity contribution in [2.45, 2.75) is 115 Å². The molecule has 0 aromatic rings. The Morgan fingerprint density at radius 2 is 1.48 bits per heavy atom. The van der Waals surface area contributed by atoms with E-state index in [9.17, 15) is 0 Å². The first-order valence-corrected chi connectivity index (χ1v) is 12.0. The van der Waals surface area contributed by atoms with E-state index < -0.39 is 0 Å². The Hall–Kier alpha value is 0.0900. The maximum Gasteiger partial charge on any atom is 0.0110 e. The Morgan fingerprint density at radius 1 is 0.800 bits per heavy atom.